The molecule has 0 radical (unpaired) electrons. The van der Waals surface area contributed by atoms with Gasteiger partial charge in [-0.05, 0) is 43.0 Å². The van der Waals surface area contributed by atoms with E-state index in [4.69, 9.17) is 0 Å². The van der Waals surface area contributed by atoms with Crippen LogP contribution in [0.15, 0.2) is 54.4 Å². The molecule has 28 heavy (non-hydrogen) atoms. The van der Waals surface area contributed by atoms with E-state index in [1.54, 1.807) is 6.07 Å². The van der Waals surface area contributed by atoms with Gasteiger partial charge in [0, 0.05) is 30.7 Å². The van der Waals surface area contributed by atoms with Crippen LogP contribution in [-0.4, -0.2) is 32.9 Å². The number of hydrogen-bond acceptors (Lipinski definition) is 3. The van der Waals surface area contributed by atoms with Crippen LogP contribution < -0.4 is 0 Å². The van der Waals surface area contributed by atoms with Crippen molar-refractivity contribution < 1.29 is 14.7 Å². The van der Waals surface area contributed by atoms with Crippen molar-refractivity contribution in [2.24, 2.45) is 7.05 Å². The van der Waals surface area contributed by atoms with Crippen LogP contribution in [0.25, 0.3) is 16.5 Å². The lowest BCUT2D eigenvalue weighted by Crippen LogP contribution is -2.33. The number of benzene rings is 2. The van der Waals surface area contributed by atoms with E-state index in [-0.39, 0.29) is 12.1 Å². The first-order valence-electron chi connectivity index (χ1n) is 9.28. The van der Waals surface area contributed by atoms with E-state index < -0.39 is 17.6 Å². The lowest BCUT2D eigenvalue weighted by atomic mass is 9.98. The molecule has 1 aliphatic heterocycles. The molecule has 0 saturated carbocycles. The van der Waals surface area contributed by atoms with Crippen molar-refractivity contribution in [3.63, 3.8) is 0 Å². The van der Waals surface area contributed by atoms with Crippen molar-refractivity contribution in [1.82, 2.24) is 9.47 Å². The number of aryl methyl sites for hydroxylation is 3. The molecule has 0 spiro atoms. The van der Waals surface area contributed by atoms with E-state index in [0.29, 0.717) is 12.0 Å². The normalized spacial score (nSPS) is 14.6. The van der Waals surface area contributed by atoms with Crippen LogP contribution in [-0.2, 0) is 23.1 Å². The van der Waals surface area contributed by atoms with Crippen molar-refractivity contribution in [2.75, 3.05) is 6.54 Å². The van der Waals surface area contributed by atoms with Crippen LogP contribution in [0.3, 0.4) is 0 Å². The largest absolute Gasteiger partial charge is 0.502 e. The summed E-state index contributed by atoms with van der Waals surface area (Å²) in [5.41, 5.74) is 4.80. The summed E-state index contributed by atoms with van der Waals surface area (Å²) >= 11 is 0. The molecule has 1 aliphatic rings. The fraction of sp³-hybridized carbons (Fsp3) is 0.217. The van der Waals surface area contributed by atoms with Crippen molar-refractivity contribution >= 4 is 28.3 Å². The number of rotatable bonds is 4. The number of fused-ring (bicyclic) bond motifs is 1. The lowest BCUT2D eigenvalue weighted by Gasteiger charge is -2.14. The number of amides is 2. The van der Waals surface area contributed by atoms with Gasteiger partial charge in [-0.1, -0.05) is 42.0 Å². The summed E-state index contributed by atoms with van der Waals surface area (Å²) in [6, 6.07) is 13.6. The number of aliphatic hydroxyl groups excluding tert-OH is 1. The fourth-order valence-electron chi connectivity index (χ4n) is 3.96. The Kier molecular flexibility index (Phi) is 4.30. The summed E-state index contributed by atoms with van der Waals surface area (Å²) in [6.07, 6.45) is 2.56. The van der Waals surface area contributed by atoms with Crippen LogP contribution >= 0.6 is 0 Å². The van der Waals surface area contributed by atoms with E-state index in [1.807, 2.05) is 68.1 Å². The van der Waals surface area contributed by atoms with Crippen molar-refractivity contribution in [2.45, 2.75) is 20.3 Å². The third-order valence-corrected chi connectivity index (χ3v) is 5.38. The SMILES string of the molecule is Cc1ccc(C2=C(O)C(=O)N(CCc3cn(C)c4ccccc34)C2=O)c(C)c1. The Morgan fingerprint density at radius 3 is 2.50 bits per heavy atom. The van der Waals surface area contributed by atoms with Gasteiger partial charge in [-0.15, -0.1) is 0 Å². The number of nitrogens with zero attached hydrogens (tertiary/aromatic N) is 2. The number of imide groups is 1. The quantitative estimate of drug-likeness (QED) is 0.709. The highest BCUT2D eigenvalue weighted by molar-refractivity contribution is 6.35. The lowest BCUT2D eigenvalue weighted by molar-refractivity contribution is -0.138. The summed E-state index contributed by atoms with van der Waals surface area (Å²) < 4.78 is 2.04. The molecule has 0 fully saturated rings. The Bertz CT molecular complexity index is 1150. The number of hydrogen-bond donors (Lipinski definition) is 1. The van der Waals surface area contributed by atoms with Crippen LogP contribution in [0, 0.1) is 13.8 Å². The standard InChI is InChI=1S/C23H22N2O3/c1-14-8-9-17(15(2)12-14)20-21(26)23(28)25(22(20)27)11-10-16-13-24(3)19-7-5-4-6-18(16)19/h4-9,12-13,26H,10-11H2,1-3H3. The van der Waals surface area contributed by atoms with Gasteiger partial charge in [0.05, 0.1) is 5.57 Å². The molecule has 0 saturated heterocycles. The Labute approximate surface area is 163 Å². The summed E-state index contributed by atoms with van der Waals surface area (Å²) in [4.78, 5) is 26.6. The highest BCUT2D eigenvalue weighted by atomic mass is 16.3. The second-order valence-electron chi connectivity index (χ2n) is 7.34. The zero-order chi connectivity index (χ0) is 20.0. The zero-order valence-electron chi connectivity index (χ0n) is 16.2. The summed E-state index contributed by atoms with van der Waals surface area (Å²) in [6.45, 7) is 4.06. The topological polar surface area (TPSA) is 62.5 Å². The fourth-order valence-corrected chi connectivity index (χ4v) is 3.96. The minimum absolute atomic E-state index is 0.0976. The van der Waals surface area contributed by atoms with Gasteiger partial charge in [0.2, 0.25) is 0 Å². The maximum Gasteiger partial charge on any atom is 0.296 e. The molecule has 142 valence electrons. The van der Waals surface area contributed by atoms with Crippen molar-refractivity contribution in [3.05, 3.63) is 76.7 Å². The summed E-state index contributed by atoms with van der Waals surface area (Å²) in [5.74, 6) is -1.52. The molecule has 4 rings (SSSR count). The van der Waals surface area contributed by atoms with Gasteiger partial charge in [0.1, 0.15) is 0 Å². The first kappa shape index (κ1) is 18.0. The number of aromatic nitrogens is 1. The average Bonchev–Trinajstić information content (AvgIpc) is 3.09. The molecule has 3 aromatic rings. The first-order chi connectivity index (χ1) is 13.4. The second kappa shape index (κ2) is 6.68. The smallest absolute Gasteiger partial charge is 0.296 e. The van der Waals surface area contributed by atoms with Gasteiger partial charge in [-0.2, -0.15) is 0 Å². The Morgan fingerprint density at radius 2 is 1.75 bits per heavy atom. The molecular formula is C23H22N2O3. The molecule has 5 heteroatoms. The number of aliphatic hydroxyl groups is 1. The number of para-hydroxylation sites is 1. The van der Waals surface area contributed by atoms with Crippen molar-refractivity contribution in [3.8, 4) is 0 Å². The molecule has 0 unspecified atom stereocenters. The predicted molar refractivity (Wildman–Crippen MR) is 109 cm³/mol. The monoisotopic (exact) mass is 374 g/mol. The molecule has 2 amide bonds. The minimum atomic E-state index is -0.625. The van der Waals surface area contributed by atoms with Crippen LogP contribution in [0.4, 0.5) is 0 Å². The Balaban J connectivity index is 1.60. The average molecular weight is 374 g/mol. The van der Waals surface area contributed by atoms with E-state index in [9.17, 15) is 14.7 Å². The molecule has 2 aromatic carbocycles. The van der Waals surface area contributed by atoms with E-state index in [2.05, 4.69) is 0 Å². The van der Waals surface area contributed by atoms with Gasteiger partial charge in [-0.3, -0.25) is 14.5 Å². The maximum absolute atomic E-state index is 12.9. The first-order valence-corrected chi connectivity index (χ1v) is 9.28. The highest BCUT2D eigenvalue weighted by Gasteiger charge is 2.39. The number of carbonyl (C=O) groups is 2. The zero-order valence-corrected chi connectivity index (χ0v) is 16.2. The predicted octanol–water partition coefficient (Wildman–Crippen LogP) is 3.68. The van der Waals surface area contributed by atoms with Gasteiger partial charge in [-0.25, -0.2) is 0 Å². The Morgan fingerprint density at radius 1 is 1.00 bits per heavy atom. The van der Waals surface area contributed by atoms with Crippen LogP contribution in [0.1, 0.15) is 22.3 Å². The van der Waals surface area contributed by atoms with Gasteiger partial charge in [0.25, 0.3) is 11.8 Å². The van der Waals surface area contributed by atoms with E-state index in [0.717, 1.165) is 32.5 Å². The Hall–Kier alpha value is -3.34. The molecule has 0 aliphatic carbocycles. The maximum atomic E-state index is 12.9. The molecular weight excluding hydrogens is 352 g/mol. The third kappa shape index (κ3) is 2.80. The highest BCUT2D eigenvalue weighted by Crippen LogP contribution is 2.31. The van der Waals surface area contributed by atoms with E-state index in [1.165, 1.54) is 0 Å². The second-order valence-corrected chi connectivity index (χ2v) is 7.34. The molecule has 1 N–H and O–H groups in total. The van der Waals surface area contributed by atoms with Crippen LogP contribution in [0.2, 0.25) is 0 Å². The summed E-state index contributed by atoms with van der Waals surface area (Å²) in [7, 11) is 1.98. The molecule has 2 heterocycles. The number of carbonyl (C=O) groups excluding carboxylic acids is 2. The van der Waals surface area contributed by atoms with E-state index >= 15 is 0 Å². The molecule has 0 atom stereocenters. The van der Waals surface area contributed by atoms with Gasteiger partial charge in [0.15, 0.2) is 5.76 Å². The minimum Gasteiger partial charge on any atom is -0.502 e. The summed E-state index contributed by atoms with van der Waals surface area (Å²) in [5, 5.41) is 11.5. The van der Waals surface area contributed by atoms with Gasteiger partial charge < -0.3 is 9.67 Å². The molecule has 5 nitrogen and oxygen atoms in total. The molecule has 0 bridgehead atoms. The molecule has 1 aromatic heterocycles. The van der Waals surface area contributed by atoms with Crippen LogP contribution in [0.5, 0.6) is 0 Å². The third-order valence-electron chi connectivity index (χ3n) is 5.38. The van der Waals surface area contributed by atoms with Gasteiger partial charge >= 0.3 is 0 Å². The van der Waals surface area contributed by atoms with Crippen molar-refractivity contribution in [1.29, 1.82) is 0 Å².